The van der Waals surface area contributed by atoms with Crippen molar-refractivity contribution >= 4 is 17.4 Å². The van der Waals surface area contributed by atoms with E-state index in [1.807, 2.05) is 57.2 Å². The lowest BCUT2D eigenvalue weighted by Crippen LogP contribution is -2.62. The molecule has 1 aromatic rings. The van der Waals surface area contributed by atoms with E-state index >= 15 is 0 Å². The van der Waals surface area contributed by atoms with Gasteiger partial charge in [0.1, 0.15) is 17.9 Å². The van der Waals surface area contributed by atoms with E-state index in [4.69, 9.17) is 9.57 Å². The average Bonchev–Trinajstić information content (AvgIpc) is 3.53. The minimum atomic E-state index is -1.18. The third-order valence-corrected chi connectivity index (χ3v) is 13.6. The third-order valence-electron chi connectivity index (χ3n) is 13.6. The molecule has 4 aliphatic carbocycles. The summed E-state index contributed by atoms with van der Waals surface area (Å²) in [5, 5.41) is 30.3. The van der Waals surface area contributed by atoms with Gasteiger partial charge in [-0.05, 0) is 100 Å². The van der Waals surface area contributed by atoms with Crippen LogP contribution in [0.25, 0.3) is 5.57 Å². The summed E-state index contributed by atoms with van der Waals surface area (Å²) in [6.45, 7) is 20.6. The zero-order valence-corrected chi connectivity index (χ0v) is 35.3. The minimum absolute atomic E-state index is 0.00128. The Labute approximate surface area is 330 Å². The number of likely N-dealkylation sites (N-methyl/N-ethyl adjacent to an activating group) is 2. The summed E-state index contributed by atoms with van der Waals surface area (Å²) in [4.78, 5) is 38.4. The molecule has 55 heavy (non-hydrogen) atoms. The van der Waals surface area contributed by atoms with Gasteiger partial charge in [0.15, 0.2) is 0 Å². The van der Waals surface area contributed by atoms with Crippen molar-refractivity contribution in [3.63, 3.8) is 0 Å². The highest BCUT2D eigenvalue weighted by atomic mass is 16.7. The molecule has 1 heterocycles. The molecule has 5 aliphatic rings. The van der Waals surface area contributed by atoms with Crippen LogP contribution in [0, 0.1) is 34.5 Å². The van der Waals surface area contributed by atoms with Gasteiger partial charge < -0.3 is 35.4 Å². The summed E-state index contributed by atoms with van der Waals surface area (Å²) in [5.74, 6) is 2.07. The minimum Gasteiger partial charge on any atom is -0.496 e. The van der Waals surface area contributed by atoms with Crippen molar-refractivity contribution in [1.82, 2.24) is 25.5 Å². The first-order valence-electron chi connectivity index (χ1n) is 20.3. The SMILES string of the molecule is C=C(/C=C(\C=C\C(=O)N[C@@H](CC(C)C)CN(C)C)c1cccc(CN2O[C@@H](CO)[C@]3(CC3(C)O)[C@H]2C(=O)N[C@H]2C[C@H]3C[C@@H]([C@@H]2C)C3(C)C)c1OC)N(C)CC. The van der Waals surface area contributed by atoms with Gasteiger partial charge in [-0.15, -0.1) is 0 Å². The standard InChI is InChI=1S/C44H69N5O6/c1-13-48(11)28(4)20-30(17-18-38(51)45-33(19-27(2)3)24-47(9)10)34-16-14-15-31(39(34)54-12)23-49-40(44(26-43(44,8)53)37(25-50)55-49)41(52)46-36-22-32-21-35(29(36)5)42(32,6)7/h14-18,20,27,29,32-33,35-37,40,50,53H,4,13,19,21-26H2,1-3,5-12H3,(H,45,51)(H,46,52)/b18-17+,30-20+/t29-,32+,33-,35-,36-,37-,40+,43?,44+/m0/s1. The second-order valence-electron chi connectivity index (χ2n) is 18.3. The maximum Gasteiger partial charge on any atom is 0.244 e. The number of rotatable bonds is 17. The molecule has 1 aliphatic heterocycles. The van der Waals surface area contributed by atoms with E-state index in [-0.39, 0.29) is 42.5 Å². The molecule has 4 N–H and O–H groups in total. The van der Waals surface area contributed by atoms with Crippen LogP contribution in [0.15, 0.2) is 48.7 Å². The molecular formula is C44H69N5O6. The quantitative estimate of drug-likeness (QED) is 0.128. The fourth-order valence-corrected chi connectivity index (χ4v) is 10.1. The van der Waals surface area contributed by atoms with Gasteiger partial charge in [0.05, 0.1) is 31.3 Å². The molecule has 0 radical (unpaired) electrons. The number of hydrogen-bond acceptors (Lipinski definition) is 9. The molecule has 11 nitrogen and oxygen atoms in total. The van der Waals surface area contributed by atoms with Crippen molar-refractivity contribution in [2.24, 2.45) is 34.5 Å². The molecule has 4 saturated carbocycles. The Morgan fingerprint density at radius 1 is 1.16 bits per heavy atom. The Bertz CT molecular complexity index is 1630. The van der Waals surface area contributed by atoms with Crippen LogP contribution in [-0.4, -0.2) is 115 Å². The molecule has 9 atom stereocenters. The highest BCUT2D eigenvalue weighted by molar-refractivity contribution is 5.92. The van der Waals surface area contributed by atoms with E-state index < -0.39 is 23.2 Å². The summed E-state index contributed by atoms with van der Waals surface area (Å²) >= 11 is 0. The summed E-state index contributed by atoms with van der Waals surface area (Å²) in [5.41, 5.74) is 1.13. The summed E-state index contributed by atoms with van der Waals surface area (Å²) in [6.07, 6.45) is 7.89. The number of allylic oxidation sites excluding steroid dienone is 3. The van der Waals surface area contributed by atoms with Crippen molar-refractivity contribution < 1.29 is 29.4 Å². The van der Waals surface area contributed by atoms with E-state index in [1.165, 1.54) is 6.42 Å². The lowest BCUT2D eigenvalue weighted by atomic mass is 9.45. The first kappa shape index (κ1) is 42.9. The number of nitrogens with one attached hydrogen (secondary N) is 2. The predicted molar refractivity (Wildman–Crippen MR) is 218 cm³/mol. The maximum absolute atomic E-state index is 14.5. The zero-order chi connectivity index (χ0) is 40.6. The molecule has 1 spiro atoms. The number of aliphatic hydroxyl groups excluding tert-OH is 1. The van der Waals surface area contributed by atoms with Gasteiger partial charge >= 0.3 is 0 Å². The lowest BCUT2D eigenvalue weighted by Gasteiger charge is -2.62. The monoisotopic (exact) mass is 764 g/mol. The highest BCUT2D eigenvalue weighted by Gasteiger charge is 2.78. The Morgan fingerprint density at radius 3 is 2.40 bits per heavy atom. The highest BCUT2D eigenvalue weighted by Crippen LogP contribution is 2.66. The van der Waals surface area contributed by atoms with Crippen molar-refractivity contribution in [3.05, 3.63) is 59.8 Å². The predicted octanol–water partition coefficient (Wildman–Crippen LogP) is 5.00. The van der Waals surface area contributed by atoms with E-state index in [0.29, 0.717) is 35.8 Å². The smallest absolute Gasteiger partial charge is 0.244 e. The molecule has 11 heteroatoms. The number of aliphatic hydroxyl groups is 2. The van der Waals surface area contributed by atoms with Gasteiger partial charge in [0.25, 0.3) is 0 Å². The fraction of sp³-hybridized carbons (Fsp3) is 0.682. The van der Waals surface area contributed by atoms with Crippen LogP contribution in [0.4, 0.5) is 0 Å². The molecule has 0 aromatic heterocycles. The number of benzene rings is 1. The summed E-state index contributed by atoms with van der Waals surface area (Å²) in [7, 11) is 7.58. The average molecular weight is 764 g/mol. The molecule has 1 aromatic carbocycles. The van der Waals surface area contributed by atoms with Crippen LogP contribution in [0.5, 0.6) is 5.75 Å². The van der Waals surface area contributed by atoms with Gasteiger partial charge in [-0.1, -0.05) is 59.4 Å². The second-order valence-corrected chi connectivity index (χ2v) is 18.3. The number of hydrogen-bond donors (Lipinski definition) is 4. The third kappa shape index (κ3) is 8.56. The van der Waals surface area contributed by atoms with Crippen LogP contribution in [0.2, 0.25) is 0 Å². The first-order chi connectivity index (χ1) is 25.8. The van der Waals surface area contributed by atoms with E-state index in [0.717, 1.165) is 48.3 Å². The van der Waals surface area contributed by atoms with Crippen LogP contribution < -0.4 is 15.4 Å². The van der Waals surface area contributed by atoms with Gasteiger partial charge in [-0.25, -0.2) is 0 Å². The largest absolute Gasteiger partial charge is 0.496 e. The number of nitrogens with zero attached hydrogens (tertiary/aromatic N) is 3. The molecule has 2 bridgehead atoms. The Morgan fingerprint density at radius 2 is 1.85 bits per heavy atom. The van der Waals surface area contributed by atoms with E-state index in [1.54, 1.807) is 31.2 Å². The molecule has 2 amide bonds. The van der Waals surface area contributed by atoms with Crippen molar-refractivity contribution in [2.45, 2.75) is 111 Å². The van der Waals surface area contributed by atoms with E-state index in [9.17, 15) is 19.8 Å². The van der Waals surface area contributed by atoms with Crippen molar-refractivity contribution in [1.29, 1.82) is 0 Å². The number of fused-ring (bicyclic) bond motifs is 2. The number of carbonyl (C=O) groups is 2. The van der Waals surface area contributed by atoms with Gasteiger partial charge in [0, 0.05) is 55.1 Å². The van der Waals surface area contributed by atoms with Gasteiger partial charge in [-0.2, -0.15) is 5.06 Å². The van der Waals surface area contributed by atoms with Crippen LogP contribution in [0.1, 0.15) is 85.3 Å². The molecule has 5 fully saturated rings. The number of para-hydroxylation sites is 1. The van der Waals surface area contributed by atoms with Crippen LogP contribution >= 0.6 is 0 Å². The molecule has 306 valence electrons. The van der Waals surface area contributed by atoms with Gasteiger partial charge in [-0.3, -0.25) is 14.4 Å². The number of amides is 2. The number of hydroxylamine groups is 2. The van der Waals surface area contributed by atoms with E-state index in [2.05, 4.69) is 56.7 Å². The normalized spacial score (nSPS) is 31.8. The number of methoxy groups -OCH3 is 1. The zero-order valence-electron chi connectivity index (χ0n) is 35.3. The van der Waals surface area contributed by atoms with Crippen LogP contribution in [0.3, 0.4) is 0 Å². The van der Waals surface area contributed by atoms with Crippen molar-refractivity contribution in [2.75, 3.05) is 47.9 Å². The molecule has 1 saturated heterocycles. The van der Waals surface area contributed by atoms with Crippen LogP contribution in [-0.2, 0) is 21.0 Å². The van der Waals surface area contributed by atoms with Gasteiger partial charge in [0.2, 0.25) is 11.8 Å². The Kier molecular flexibility index (Phi) is 13.0. The first-order valence-corrected chi connectivity index (χ1v) is 20.3. The lowest BCUT2D eigenvalue weighted by molar-refractivity contribution is -0.183. The molecule has 1 unspecified atom stereocenters. The maximum atomic E-state index is 14.5. The summed E-state index contributed by atoms with van der Waals surface area (Å²) in [6, 6.07) is 5.01. The Hall–Kier alpha value is -3.22. The molecule has 6 rings (SSSR count). The number of ether oxygens (including phenoxy) is 1. The fourth-order valence-electron chi connectivity index (χ4n) is 10.1. The number of carbonyl (C=O) groups excluding carboxylic acids is 2. The van der Waals surface area contributed by atoms with Crippen molar-refractivity contribution in [3.8, 4) is 5.75 Å². The second kappa shape index (κ2) is 16.7. The molecular weight excluding hydrogens is 695 g/mol. The summed E-state index contributed by atoms with van der Waals surface area (Å²) < 4.78 is 6.12. The Balaban J connectivity index is 1.46. The topological polar surface area (TPSA) is 127 Å².